The molecular formula is C22H13ClN2O3S. The van der Waals surface area contributed by atoms with Gasteiger partial charge in [-0.15, -0.1) is 11.3 Å². The molecule has 0 aliphatic carbocycles. The maximum atomic E-state index is 13.0. The molecule has 2 N–H and O–H groups in total. The molecule has 7 heteroatoms. The van der Waals surface area contributed by atoms with Gasteiger partial charge in [0.2, 0.25) is 17.3 Å². The minimum Gasteiger partial charge on any atom is -0.463 e. The number of fused-ring (bicyclic) bond motifs is 1. The minimum atomic E-state index is -0.325. The number of anilines is 1. The summed E-state index contributed by atoms with van der Waals surface area (Å²) in [5, 5.41) is 3.13. The maximum Gasteiger partial charge on any atom is 0.230 e. The molecule has 0 aliphatic heterocycles. The second kappa shape index (κ2) is 6.92. The van der Waals surface area contributed by atoms with Gasteiger partial charge in [-0.25, -0.2) is 4.98 Å². The van der Waals surface area contributed by atoms with Crippen molar-refractivity contribution in [3.63, 3.8) is 0 Å². The molecule has 0 atom stereocenters. The zero-order valence-corrected chi connectivity index (χ0v) is 16.5. The zero-order chi connectivity index (χ0) is 20.0. The van der Waals surface area contributed by atoms with E-state index in [4.69, 9.17) is 26.2 Å². The van der Waals surface area contributed by atoms with Crippen LogP contribution in [0.2, 0.25) is 5.02 Å². The van der Waals surface area contributed by atoms with Gasteiger partial charge in [0.25, 0.3) is 0 Å². The normalized spacial score (nSPS) is 11.2. The molecule has 0 amide bonds. The quantitative estimate of drug-likeness (QED) is 0.346. The van der Waals surface area contributed by atoms with Crippen LogP contribution in [0, 0.1) is 0 Å². The van der Waals surface area contributed by atoms with E-state index in [1.807, 2.05) is 29.6 Å². The van der Waals surface area contributed by atoms with Crippen molar-refractivity contribution in [1.82, 2.24) is 4.98 Å². The van der Waals surface area contributed by atoms with Crippen LogP contribution < -0.4 is 5.73 Å². The van der Waals surface area contributed by atoms with Crippen molar-refractivity contribution < 1.29 is 13.6 Å². The van der Waals surface area contributed by atoms with Gasteiger partial charge in [0.15, 0.2) is 5.76 Å². The van der Waals surface area contributed by atoms with E-state index in [-0.39, 0.29) is 22.9 Å². The van der Waals surface area contributed by atoms with Crippen LogP contribution in [-0.2, 0) is 0 Å². The molecule has 5 aromatic rings. The largest absolute Gasteiger partial charge is 0.463 e. The summed E-state index contributed by atoms with van der Waals surface area (Å²) in [6.07, 6.45) is 1.58. The first-order valence-electron chi connectivity index (χ1n) is 8.73. The van der Waals surface area contributed by atoms with Crippen LogP contribution in [-0.4, -0.2) is 10.8 Å². The van der Waals surface area contributed by atoms with Gasteiger partial charge < -0.3 is 14.6 Å². The van der Waals surface area contributed by atoms with E-state index < -0.39 is 0 Å². The first-order valence-corrected chi connectivity index (χ1v) is 9.98. The molecular weight excluding hydrogens is 408 g/mol. The molecule has 4 aromatic heterocycles. The van der Waals surface area contributed by atoms with E-state index in [0.717, 1.165) is 10.4 Å². The Morgan fingerprint density at radius 2 is 1.93 bits per heavy atom. The molecule has 29 heavy (non-hydrogen) atoms. The van der Waals surface area contributed by atoms with Gasteiger partial charge >= 0.3 is 0 Å². The molecule has 0 bridgehead atoms. The Bertz CT molecular complexity index is 1320. The molecule has 0 spiro atoms. The van der Waals surface area contributed by atoms with Crippen LogP contribution >= 0.6 is 22.9 Å². The second-order valence-electron chi connectivity index (χ2n) is 6.37. The molecule has 5 rings (SSSR count). The molecule has 0 saturated carbocycles. The van der Waals surface area contributed by atoms with Gasteiger partial charge in [-0.1, -0.05) is 17.7 Å². The summed E-state index contributed by atoms with van der Waals surface area (Å²) in [5.74, 6) is 0.336. The summed E-state index contributed by atoms with van der Waals surface area (Å²) >= 11 is 7.49. The summed E-state index contributed by atoms with van der Waals surface area (Å²) in [5.41, 5.74) is 8.81. The predicted octanol–water partition coefficient (Wildman–Crippen LogP) is 6.28. The molecule has 0 radical (unpaired) electrons. The van der Waals surface area contributed by atoms with E-state index in [1.54, 1.807) is 47.9 Å². The first kappa shape index (κ1) is 17.7. The van der Waals surface area contributed by atoms with Crippen LogP contribution in [0.15, 0.2) is 75.1 Å². The van der Waals surface area contributed by atoms with Crippen molar-refractivity contribution in [1.29, 1.82) is 0 Å². The summed E-state index contributed by atoms with van der Waals surface area (Å²) in [4.78, 5) is 18.5. The van der Waals surface area contributed by atoms with Crippen molar-refractivity contribution in [3.8, 4) is 21.9 Å². The smallest absolute Gasteiger partial charge is 0.230 e. The highest BCUT2D eigenvalue weighted by Gasteiger charge is 2.25. The van der Waals surface area contributed by atoms with E-state index in [2.05, 4.69) is 4.98 Å². The van der Waals surface area contributed by atoms with Crippen molar-refractivity contribution in [2.75, 3.05) is 5.73 Å². The van der Waals surface area contributed by atoms with Gasteiger partial charge in [0.1, 0.15) is 5.69 Å². The topological polar surface area (TPSA) is 82.3 Å². The highest BCUT2D eigenvalue weighted by atomic mass is 35.5. The Hall–Kier alpha value is -3.35. The van der Waals surface area contributed by atoms with Crippen LogP contribution in [0.3, 0.4) is 0 Å². The molecule has 0 aliphatic rings. The Balaban J connectivity index is 1.74. The molecule has 0 saturated heterocycles. The summed E-state index contributed by atoms with van der Waals surface area (Å²) < 4.78 is 11.4. The average Bonchev–Trinajstić information content (AvgIpc) is 3.49. The Kier molecular flexibility index (Phi) is 4.23. The summed E-state index contributed by atoms with van der Waals surface area (Å²) in [6, 6.07) is 16.0. The fraction of sp³-hybridized carbons (Fsp3) is 0. The third-order valence-electron chi connectivity index (χ3n) is 4.57. The fourth-order valence-corrected chi connectivity index (χ4v) is 4.07. The SMILES string of the molecule is Nc1c(C(=O)c2ccc(Cl)cc2)oc2nc(-c3ccco3)cc(-c3cccs3)c12. The standard InChI is InChI=1S/C22H13ClN2O3S/c23-13-7-5-12(6-8-13)20(26)21-19(24)18-14(17-4-2-10-29-17)11-15(25-22(18)28-21)16-3-1-9-27-16/h1-11H,24H2. The number of ketones is 1. The maximum absolute atomic E-state index is 13.0. The molecule has 1 aromatic carbocycles. The number of carbonyl (C=O) groups excluding carboxylic acids is 1. The van der Waals surface area contributed by atoms with Gasteiger partial charge in [-0.05, 0) is 53.9 Å². The number of nitrogens with zero attached hydrogens (tertiary/aromatic N) is 1. The third-order valence-corrected chi connectivity index (χ3v) is 5.73. The number of carbonyl (C=O) groups is 1. The number of thiophene rings is 1. The van der Waals surface area contributed by atoms with Crippen LogP contribution in [0.1, 0.15) is 16.1 Å². The number of nitrogen functional groups attached to an aromatic ring is 1. The lowest BCUT2D eigenvalue weighted by molar-refractivity contribution is 0.101. The van der Waals surface area contributed by atoms with Crippen molar-refractivity contribution in [2.24, 2.45) is 0 Å². The number of nitrogens with two attached hydrogens (primary N) is 1. The van der Waals surface area contributed by atoms with Crippen molar-refractivity contribution in [3.05, 3.63) is 82.6 Å². The molecule has 142 valence electrons. The van der Waals surface area contributed by atoms with Crippen LogP contribution in [0.5, 0.6) is 0 Å². The van der Waals surface area contributed by atoms with Crippen LogP contribution in [0.25, 0.3) is 33.0 Å². The van der Waals surface area contributed by atoms with Crippen LogP contribution in [0.4, 0.5) is 5.69 Å². The van der Waals surface area contributed by atoms with E-state index in [0.29, 0.717) is 27.4 Å². The number of hydrogen-bond acceptors (Lipinski definition) is 6. The Labute approximate surface area is 174 Å². The minimum absolute atomic E-state index is 0.0595. The predicted molar refractivity (Wildman–Crippen MR) is 114 cm³/mol. The molecule has 0 fully saturated rings. The number of furan rings is 2. The van der Waals surface area contributed by atoms with Crippen molar-refractivity contribution >= 4 is 45.5 Å². The lowest BCUT2D eigenvalue weighted by Crippen LogP contribution is -2.02. The third kappa shape index (κ3) is 3.03. The Morgan fingerprint density at radius 3 is 2.62 bits per heavy atom. The highest BCUT2D eigenvalue weighted by Crippen LogP contribution is 2.40. The van der Waals surface area contributed by atoms with E-state index in [9.17, 15) is 4.79 Å². The first-order chi connectivity index (χ1) is 14.1. The number of hydrogen-bond donors (Lipinski definition) is 1. The van der Waals surface area contributed by atoms with E-state index >= 15 is 0 Å². The van der Waals surface area contributed by atoms with Gasteiger partial charge in [0.05, 0.1) is 17.3 Å². The van der Waals surface area contributed by atoms with Gasteiger partial charge in [0, 0.05) is 21.0 Å². The van der Waals surface area contributed by atoms with Crippen molar-refractivity contribution in [2.45, 2.75) is 0 Å². The fourth-order valence-electron chi connectivity index (χ4n) is 3.20. The second-order valence-corrected chi connectivity index (χ2v) is 7.75. The zero-order valence-electron chi connectivity index (χ0n) is 14.9. The Morgan fingerprint density at radius 1 is 1.10 bits per heavy atom. The number of benzene rings is 1. The lowest BCUT2D eigenvalue weighted by Gasteiger charge is -2.04. The number of pyridine rings is 1. The molecule has 4 heterocycles. The summed E-state index contributed by atoms with van der Waals surface area (Å²) in [7, 11) is 0. The van der Waals surface area contributed by atoms with E-state index in [1.165, 1.54) is 0 Å². The van der Waals surface area contributed by atoms with Gasteiger partial charge in [-0.3, -0.25) is 4.79 Å². The number of rotatable bonds is 4. The monoisotopic (exact) mass is 420 g/mol. The average molecular weight is 421 g/mol. The number of halogens is 1. The molecule has 0 unspecified atom stereocenters. The van der Waals surface area contributed by atoms with Gasteiger partial charge in [-0.2, -0.15) is 0 Å². The highest BCUT2D eigenvalue weighted by molar-refractivity contribution is 7.13. The number of aromatic nitrogens is 1. The molecule has 5 nitrogen and oxygen atoms in total. The summed E-state index contributed by atoms with van der Waals surface area (Å²) in [6.45, 7) is 0. The lowest BCUT2D eigenvalue weighted by atomic mass is 10.0.